The summed E-state index contributed by atoms with van der Waals surface area (Å²) < 4.78 is 0. The van der Waals surface area contributed by atoms with Crippen LogP contribution in [-0.2, 0) is 0 Å². The summed E-state index contributed by atoms with van der Waals surface area (Å²) in [6.07, 6.45) is 4.32. The van der Waals surface area contributed by atoms with Gasteiger partial charge < -0.3 is 10.2 Å². The Labute approximate surface area is 107 Å². The molecule has 0 radical (unpaired) electrons. The lowest BCUT2D eigenvalue weighted by atomic mass is 10.0. The van der Waals surface area contributed by atoms with Crippen molar-refractivity contribution in [2.45, 2.75) is 25.8 Å². The topological polar surface area (TPSA) is 44.0 Å². The van der Waals surface area contributed by atoms with Crippen molar-refractivity contribution in [3.05, 3.63) is 24.4 Å². The Morgan fingerprint density at radius 3 is 3.00 bits per heavy atom. The number of aromatic amines is 1. The summed E-state index contributed by atoms with van der Waals surface area (Å²) in [7, 11) is 0. The lowest BCUT2D eigenvalue weighted by molar-refractivity contribution is 0.229. The van der Waals surface area contributed by atoms with Gasteiger partial charge in [-0.1, -0.05) is 19.1 Å². The molecule has 96 valence electrons. The lowest BCUT2D eigenvalue weighted by Gasteiger charge is -2.32. The number of piperidine rings is 1. The summed E-state index contributed by atoms with van der Waals surface area (Å²) in [4.78, 5) is 2.51. The molecule has 0 unspecified atom stereocenters. The molecule has 1 saturated heterocycles. The smallest absolute Gasteiger partial charge is 0.0881 e. The van der Waals surface area contributed by atoms with Crippen LogP contribution in [0.3, 0.4) is 0 Å². The van der Waals surface area contributed by atoms with Crippen LogP contribution in [0.15, 0.2) is 24.4 Å². The van der Waals surface area contributed by atoms with Crippen molar-refractivity contribution < 1.29 is 0 Å². The van der Waals surface area contributed by atoms with Crippen LogP contribution in [0.4, 0.5) is 5.69 Å². The Balaban J connectivity index is 1.71. The molecule has 18 heavy (non-hydrogen) atoms. The summed E-state index contributed by atoms with van der Waals surface area (Å²) in [6.45, 7) is 5.81. The minimum absolute atomic E-state index is 0.585. The van der Waals surface area contributed by atoms with E-state index in [-0.39, 0.29) is 0 Å². The van der Waals surface area contributed by atoms with Crippen LogP contribution >= 0.6 is 0 Å². The third-order valence-electron chi connectivity index (χ3n) is 3.87. The van der Waals surface area contributed by atoms with Gasteiger partial charge in [-0.2, -0.15) is 5.10 Å². The second-order valence-electron chi connectivity index (χ2n) is 4.99. The van der Waals surface area contributed by atoms with Gasteiger partial charge in [0.25, 0.3) is 0 Å². The molecule has 0 spiro atoms. The Morgan fingerprint density at radius 1 is 1.39 bits per heavy atom. The van der Waals surface area contributed by atoms with E-state index in [9.17, 15) is 0 Å². The van der Waals surface area contributed by atoms with Crippen LogP contribution in [-0.4, -0.2) is 40.8 Å². The van der Waals surface area contributed by atoms with Crippen molar-refractivity contribution in [3.8, 4) is 0 Å². The highest BCUT2D eigenvalue weighted by Crippen LogP contribution is 2.23. The van der Waals surface area contributed by atoms with E-state index in [4.69, 9.17) is 0 Å². The van der Waals surface area contributed by atoms with Gasteiger partial charge in [-0.05, 0) is 25.5 Å². The summed E-state index contributed by atoms with van der Waals surface area (Å²) >= 11 is 0. The maximum absolute atomic E-state index is 4.11. The molecular formula is C14H20N4. The monoisotopic (exact) mass is 244 g/mol. The molecule has 1 fully saturated rings. The van der Waals surface area contributed by atoms with Gasteiger partial charge in [0.15, 0.2) is 0 Å². The third kappa shape index (κ3) is 2.20. The number of benzene rings is 1. The van der Waals surface area contributed by atoms with E-state index >= 15 is 0 Å². The molecule has 4 heteroatoms. The molecule has 2 N–H and O–H groups in total. The average molecular weight is 244 g/mol. The minimum Gasteiger partial charge on any atom is -0.380 e. The number of fused-ring (bicyclic) bond motifs is 1. The fraction of sp³-hybridized carbons (Fsp3) is 0.500. The Morgan fingerprint density at radius 2 is 2.22 bits per heavy atom. The van der Waals surface area contributed by atoms with Gasteiger partial charge in [-0.15, -0.1) is 0 Å². The normalized spacial score (nSPS) is 18.3. The van der Waals surface area contributed by atoms with Crippen LogP contribution in [0.1, 0.15) is 19.8 Å². The van der Waals surface area contributed by atoms with E-state index in [1.54, 1.807) is 0 Å². The van der Waals surface area contributed by atoms with E-state index in [1.807, 2.05) is 6.20 Å². The van der Waals surface area contributed by atoms with Crippen LogP contribution < -0.4 is 5.32 Å². The summed E-state index contributed by atoms with van der Waals surface area (Å²) in [5.74, 6) is 0. The standard InChI is InChI=1S/C14H20N4/c1-2-18-8-6-12(7-9-18)16-13-5-3-4-11-10-15-17-14(11)13/h3-5,10,12,16H,2,6-9H2,1H3,(H,15,17). The van der Waals surface area contributed by atoms with Crippen LogP contribution in [0, 0.1) is 0 Å². The largest absolute Gasteiger partial charge is 0.380 e. The summed E-state index contributed by atoms with van der Waals surface area (Å²) in [5, 5.41) is 12.0. The van der Waals surface area contributed by atoms with E-state index in [2.05, 4.69) is 45.5 Å². The zero-order valence-electron chi connectivity index (χ0n) is 10.8. The minimum atomic E-state index is 0.585. The number of likely N-dealkylation sites (tertiary alicyclic amines) is 1. The second kappa shape index (κ2) is 4.98. The van der Waals surface area contributed by atoms with Crippen molar-refractivity contribution in [1.82, 2.24) is 15.1 Å². The number of hydrogen-bond acceptors (Lipinski definition) is 3. The highest BCUT2D eigenvalue weighted by Gasteiger charge is 2.18. The Hall–Kier alpha value is -1.55. The maximum atomic E-state index is 4.11. The van der Waals surface area contributed by atoms with Gasteiger partial charge in [0.1, 0.15) is 0 Å². The molecule has 2 aromatic rings. The van der Waals surface area contributed by atoms with E-state index < -0.39 is 0 Å². The molecular weight excluding hydrogens is 224 g/mol. The van der Waals surface area contributed by atoms with Crippen LogP contribution in [0.25, 0.3) is 10.9 Å². The first-order chi connectivity index (χ1) is 8.86. The molecule has 4 nitrogen and oxygen atoms in total. The van der Waals surface area contributed by atoms with E-state index in [0.29, 0.717) is 6.04 Å². The molecule has 0 saturated carbocycles. The van der Waals surface area contributed by atoms with E-state index in [0.717, 1.165) is 5.52 Å². The molecule has 1 aromatic carbocycles. The van der Waals surface area contributed by atoms with Crippen molar-refractivity contribution in [2.24, 2.45) is 0 Å². The molecule has 1 aliphatic rings. The number of anilines is 1. The maximum Gasteiger partial charge on any atom is 0.0881 e. The Kier molecular flexibility index (Phi) is 3.19. The van der Waals surface area contributed by atoms with Gasteiger partial charge in [-0.25, -0.2) is 0 Å². The molecule has 1 aromatic heterocycles. The third-order valence-corrected chi connectivity index (χ3v) is 3.87. The van der Waals surface area contributed by atoms with Gasteiger partial charge >= 0.3 is 0 Å². The van der Waals surface area contributed by atoms with Crippen molar-refractivity contribution in [1.29, 1.82) is 0 Å². The molecule has 0 bridgehead atoms. The lowest BCUT2D eigenvalue weighted by Crippen LogP contribution is -2.38. The highest BCUT2D eigenvalue weighted by atomic mass is 15.1. The van der Waals surface area contributed by atoms with Gasteiger partial charge in [0.2, 0.25) is 0 Å². The Bertz CT molecular complexity index is 511. The van der Waals surface area contributed by atoms with Crippen molar-refractivity contribution >= 4 is 16.6 Å². The number of hydrogen-bond donors (Lipinski definition) is 2. The molecule has 2 heterocycles. The summed E-state index contributed by atoms with van der Waals surface area (Å²) in [6, 6.07) is 6.89. The van der Waals surface area contributed by atoms with Gasteiger partial charge in [0, 0.05) is 24.5 Å². The molecule has 3 rings (SSSR count). The van der Waals surface area contributed by atoms with Crippen LogP contribution in [0.2, 0.25) is 0 Å². The number of aromatic nitrogens is 2. The number of rotatable bonds is 3. The first-order valence-electron chi connectivity index (χ1n) is 6.78. The molecule has 0 aliphatic carbocycles. The fourth-order valence-electron chi connectivity index (χ4n) is 2.70. The summed E-state index contributed by atoms with van der Waals surface area (Å²) in [5.41, 5.74) is 2.30. The molecule has 1 aliphatic heterocycles. The molecule has 0 atom stereocenters. The fourth-order valence-corrected chi connectivity index (χ4v) is 2.70. The average Bonchev–Trinajstić information content (AvgIpc) is 2.89. The zero-order chi connectivity index (χ0) is 12.4. The number of H-pyrrole nitrogens is 1. The predicted molar refractivity (Wildman–Crippen MR) is 74.9 cm³/mol. The molecule has 0 amide bonds. The SMILES string of the molecule is CCN1CCC(Nc2cccc3cn[nH]c23)CC1. The van der Waals surface area contributed by atoms with E-state index in [1.165, 1.54) is 43.5 Å². The quantitative estimate of drug-likeness (QED) is 0.871. The van der Waals surface area contributed by atoms with Gasteiger partial charge in [-0.3, -0.25) is 5.10 Å². The van der Waals surface area contributed by atoms with Crippen molar-refractivity contribution in [3.63, 3.8) is 0 Å². The second-order valence-corrected chi connectivity index (χ2v) is 4.99. The first kappa shape index (κ1) is 11.5. The van der Waals surface area contributed by atoms with Gasteiger partial charge in [0.05, 0.1) is 17.4 Å². The van der Waals surface area contributed by atoms with Crippen LogP contribution in [0.5, 0.6) is 0 Å². The number of nitrogens with one attached hydrogen (secondary N) is 2. The number of nitrogens with zero attached hydrogens (tertiary/aromatic N) is 2. The zero-order valence-corrected chi connectivity index (χ0v) is 10.8. The number of para-hydroxylation sites is 1. The predicted octanol–water partition coefficient (Wildman–Crippen LogP) is 2.46. The van der Waals surface area contributed by atoms with Crippen molar-refractivity contribution in [2.75, 3.05) is 25.0 Å². The first-order valence-corrected chi connectivity index (χ1v) is 6.78. The highest BCUT2D eigenvalue weighted by molar-refractivity contribution is 5.89.